The normalized spacial score (nSPS) is 12.0. The highest BCUT2D eigenvalue weighted by Gasteiger charge is 2.08. The topological polar surface area (TPSA) is 159 Å². The summed E-state index contributed by atoms with van der Waals surface area (Å²) in [7, 11) is 3.06. The zero-order valence-electron chi connectivity index (χ0n) is 14.6. The Bertz CT molecular complexity index is 689. The Balaban J connectivity index is 0.000000263. The Morgan fingerprint density at radius 2 is 1.58 bits per heavy atom. The molecular formula is C16H22N6O4. The Kier molecular flexibility index (Phi) is 9.44. The van der Waals surface area contributed by atoms with Crippen molar-refractivity contribution in [1.82, 2.24) is 9.97 Å². The maximum atomic E-state index is 8.91. The maximum Gasteiger partial charge on any atom is 0.212 e. The van der Waals surface area contributed by atoms with E-state index >= 15 is 0 Å². The highest BCUT2D eigenvalue weighted by molar-refractivity contribution is 5.21. The fourth-order valence-corrected chi connectivity index (χ4v) is 1.82. The first-order valence-corrected chi connectivity index (χ1v) is 7.60. The number of rotatable bonds is 7. The molecule has 0 saturated carbocycles. The molecule has 0 spiro atoms. The van der Waals surface area contributed by atoms with Crippen LogP contribution in [0, 0.1) is 0 Å². The molecule has 26 heavy (non-hydrogen) atoms. The largest absolute Gasteiger partial charge is 0.481 e. The van der Waals surface area contributed by atoms with Gasteiger partial charge in [-0.3, -0.25) is 0 Å². The van der Waals surface area contributed by atoms with Crippen LogP contribution in [0.1, 0.15) is 23.2 Å². The van der Waals surface area contributed by atoms with Crippen molar-refractivity contribution in [2.45, 2.75) is 12.1 Å². The minimum atomic E-state index is -0.585. The molecule has 0 bridgehead atoms. The van der Waals surface area contributed by atoms with E-state index in [-0.39, 0.29) is 19.3 Å². The lowest BCUT2D eigenvalue weighted by Gasteiger charge is -2.07. The molecule has 10 nitrogen and oxygen atoms in total. The first-order valence-electron chi connectivity index (χ1n) is 7.60. The number of hydrogen-bond acceptors (Lipinski definition) is 8. The fraction of sp³-hybridized carbons (Fsp3) is 0.375. The zero-order valence-corrected chi connectivity index (χ0v) is 14.6. The van der Waals surface area contributed by atoms with Crippen LogP contribution >= 0.6 is 0 Å². The quantitative estimate of drug-likeness (QED) is 0.382. The molecule has 2 atom stereocenters. The molecule has 0 aliphatic rings. The summed E-state index contributed by atoms with van der Waals surface area (Å²) in [5, 5.41) is 21.1. The Morgan fingerprint density at radius 3 is 1.92 bits per heavy atom. The predicted octanol–water partition coefficient (Wildman–Crippen LogP) is 1.52. The number of hydrogen-bond donors (Lipinski definition) is 3. The van der Waals surface area contributed by atoms with Gasteiger partial charge in [0, 0.05) is 29.4 Å². The molecule has 0 aliphatic carbocycles. The van der Waals surface area contributed by atoms with E-state index in [1.807, 2.05) is 0 Å². The van der Waals surface area contributed by atoms with Crippen LogP contribution in [-0.4, -0.2) is 47.6 Å². The molecule has 0 radical (unpaired) electrons. The molecule has 2 aromatic rings. The lowest BCUT2D eigenvalue weighted by atomic mass is 10.1. The van der Waals surface area contributed by atoms with E-state index in [1.165, 1.54) is 13.3 Å². The van der Waals surface area contributed by atoms with Crippen LogP contribution in [0.25, 0.3) is 10.4 Å². The van der Waals surface area contributed by atoms with Crippen LogP contribution in [0.15, 0.2) is 41.8 Å². The highest BCUT2D eigenvalue weighted by Crippen LogP contribution is 2.17. The van der Waals surface area contributed by atoms with Gasteiger partial charge in [0.05, 0.1) is 39.5 Å². The van der Waals surface area contributed by atoms with Crippen molar-refractivity contribution in [3.05, 3.63) is 58.2 Å². The molecule has 2 rings (SSSR count). The minimum absolute atomic E-state index is 0.0754. The number of nitrogens with two attached hydrogens (primary N) is 1. The number of aliphatic hydroxyl groups is 2. The molecule has 0 aromatic carbocycles. The van der Waals surface area contributed by atoms with Gasteiger partial charge in [-0.25, -0.2) is 9.97 Å². The van der Waals surface area contributed by atoms with Crippen LogP contribution in [0.5, 0.6) is 11.8 Å². The number of ether oxygens (including phenoxy) is 2. The van der Waals surface area contributed by atoms with Crippen molar-refractivity contribution >= 4 is 0 Å². The average molecular weight is 362 g/mol. The second-order valence-corrected chi connectivity index (χ2v) is 4.96. The highest BCUT2D eigenvalue weighted by atomic mass is 16.5. The van der Waals surface area contributed by atoms with Crippen LogP contribution in [0.4, 0.5) is 0 Å². The van der Waals surface area contributed by atoms with E-state index in [4.69, 9.17) is 31.0 Å². The van der Waals surface area contributed by atoms with E-state index < -0.39 is 6.04 Å². The zero-order chi connectivity index (χ0) is 19.4. The monoisotopic (exact) mass is 362 g/mol. The van der Waals surface area contributed by atoms with Crippen LogP contribution in [0.3, 0.4) is 0 Å². The second kappa shape index (κ2) is 11.6. The molecule has 0 fully saturated rings. The molecule has 10 heteroatoms. The van der Waals surface area contributed by atoms with Gasteiger partial charge in [-0.05, 0) is 16.7 Å². The summed E-state index contributed by atoms with van der Waals surface area (Å²) in [6.45, 7) is -0.313. The minimum Gasteiger partial charge on any atom is -0.481 e. The number of methoxy groups -OCH3 is 2. The standard InChI is InChI=1S/C8H10N4O2.C8H12N2O2/c1-14-8-3-2-6(4-10-8)7(5-13)11-12-9;1-12-8-3-2-6(4-10-8)7(9)5-11/h2-4,7,13H,5H2,1H3;2-4,7,11H,5,9H2,1H3/t2*7-/m11/s1. The van der Waals surface area contributed by atoms with Crippen molar-refractivity contribution in [2.75, 3.05) is 27.4 Å². The van der Waals surface area contributed by atoms with Crippen LogP contribution < -0.4 is 15.2 Å². The third kappa shape index (κ3) is 6.54. The summed E-state index contributed by atoms with van der Waals surface area (Å²) >= 11 is 0. The van der Waals surface area contributed by atoms with Crippen molar-refractivity contribution in [2.24, 2.45) is 10.8 Å². The van der Waals surface area contributed by atoms with Crippen molar-refractivity contribution < 1.29 is 19.7 Å². The first-order chi connectivity index (χ1) is 12.6. The SMILES string of the molecule is COc1ccc([C@@H](CO)N=[N+]=[N-])cn1.COc1ccc([C@H](N)CO)cn1. The van der Waals surface area contributed by atoms with E-state index in [0.717, 1.165) is 5.56 Å². The third-order valence-corrected chi connectivity index (χ3v) is 3.31. The van der Waals surface area contributed by atoms with Gasteiger partial charge in [-0.2, -0.15) is 0 Å². The predicted molar refractivity (Wildman–Crippen MR) is 94.6 cm³/mol. The molecule has 0 aliphatic heterocycles. The molecule has 140 valence electrons. The molecule has 4 N–H and O–H groups in total. The molecule has 0 unspecified atom stereocenters. The van der Waals surface area contributed by atoms with Crippen molar-refractivity contribution in [1.29, 1.82) is 0 Å². The van der Waals surface area contributed by atoms with Gasteiger partial charge < -0.3 is 25.4 Å². The average Bonchev–Trinajstić information content (AvgIpc) is 2.72. The Labute approximate surface area is 150 Å². The van der Waals surface area contributed by atoms with E-state index in [1.54, 1.807) is 37.6 Å². The van der Waals surface area contributed by atoms with Gasteiger partial charge in [-0.15, -0.1) is 0 Å². The smallest absolute Gasteiger partial charge is 0.212 e. The van der Waals surface area contributed by atoms with Gasteiger partial charge in [0.15, 0.2) is 0 Å². The summed E-state index contributed by atoms with van der Waals surface area (Å²) in [6.07, 6.45) is 3.11. The van der Waals surface area contributed by atoms with E-state index in [0.29, 0.717) is 17.3 Å². The molecular weight excluding hydrogens is 340 g/mol. The fourth-order valence-electron chi connectivity index (χ4n) is 1.82. The van der Waals surface area contributed by atoms with Crippen molar-refractivity contribution in [3.8, 4) is 11.8 Å². The van der Waals surface area contributed by atoms with Gasteiger partial charge in [0.1, 0.15) is 0 Å². The lowest BCUT2D eigenvalue weighted by molar-refractivity contribution is 0.267. The number of aliphatic hydroxyl groups excluding tert-OH is 2. The third-order valence-electron chi connectivity index (χ3n) is 3.31. The summed E-state index contributed by atoms with van der Waals surface area (Å²) in [6, 6.07) is 5.89. The Morgan fingerprint density at radius 1 is 1.04 bits per heavy atom. The lowest BCUT2D eigenvalue weighted by Crippen LogP contribution is -2.14. The number of nitrogens with zero attached hydrogens (tertiary/aromatic N) is 5. The van der Waals surface area contributed by atoms with E-state index in [9.17, 15) is 0 Å². The summed E-state index contributed by atoms with van der Waals surface area (Å²) in [5.41, 5.74) is 15.2. The second-order valence-electron chi connectivity index (χ2n) is 4.96. The van der Waals surface area contributed by atoms with Gasteiger partial charge in [0.2, 0.25) is 11.8 Å². The Hall–Kier alpha value is -2.91. The van der Waals surface area contributed by atoms with Gasteiger partial charge in [-0.1, -0.05) is 17.2 Å². The molecule has 0 saturated heterocycles. The van der Waals surface area contributed by atoms with Gasteiger partial charge in [0.25, 0.3) is 0 Å². The van der Waals surface area contributed by atoms with Gasteiger partial charge >= 0.3 is 0 Å². The van der Waals surface area contributed by atoms with Crippen LogP contribution in [-0.2, 0) is 0 Å². The summed E-state index contributed by atoms with van der Waals surface area (Å²) in [5.74, 6) is 1.02. The van der Waals surface area contributed by atoms with E-state index in [2.05, 4.69) is 20.0 Å². The van der Waals surface area contributed by atoms with Crippen LogP contribution in [0.2, 0.25) is 0 Å². The first kappa shape index (κ1) is 21.1. The number of aromatic nitrogens is 2. The van der Waals surface area contributed by atoms with Crippen molar-refractivity contribution in [3.63, 3.8) is 0 Å². The summed E-state index contributed by atoms with van der Waals surface area (Å²) in [4.78, 5) is 10.5. The summed E-state index contributed by atoms with van der Waals surface area (Å²) < 4.78 is 9.73. The maximum absolute atomic E-state index is 8.91. The molecule has 2 aromatic heterocycles. The molecule has 0 amide bonds. The number of azide groups is 1. The molecule has 2 heterocycles. The number of pyridine rings is 2.